The first-order chi connectivity index (χ1) is 8.57. The maximum Gasteiger partial charge on any atom is 0.230 e. The Hall–Kier alpha value is -2.03. The number of aromatic nitrogens is 1. The maximum atomic E-state index is 12.2. The molecule has 2 aromatic rings. The van der Waals surface area contributed by atoms with Crippen LogP contribution in [0.2, 0.25) is 0 Å². The predicted octanol–water partition coefficient (Wildman–Crippen LogP) is 2.75. The molecule has 0 atom stereocenters. The van der Waals surface area contributed by atoms with Gasteiger partial charge >= 0.3 is 0 Å². The van der Waals surface area contributed by atoms with Gasteiger partial charge in [0.1, 0.15) is 0 Å². The van der Waals surface area contributed by atoms with Gasteiger partial charge in [-0.25, -0.2) is 0 Å². The molecule has 1 amide bonds. The molecule has 18 heavy (non-hydrogen) atoms. The van der Waals surface area contributed by atoms with Gasteiger partial charge in [-0.05, 0) is 25.5 Å². The van der Waals surface area contributed by atoms with Crippen LogP contribution in [0.3, 0.4) is 0 Å². The summed E-state index contributed by atoms with van der Waals surface area (Å²) in [7, 11) is 0. The molecule has 0 bridgehead atoms. The molecule has 0 aliphatic carbocycles. The molecule has 0 fully saturated rings. The van der Waals surface area contributed by atoms with Gasteiger partial charge in [0.2, 0.25) is 5.91 Å². The second-order valence-corrected chi connectivity index (χ2v) is 4.87. The third kappa shape index (κ3) is 2.04. The fourth-order valence-corrected chi connectivity index (χ4v) is 2.10. The molecule has 0 aliphatic rings. The summed E-state index contributed by atoms with van der Waals surface area (Å²) >= 11 is 0. The molecule has 0 radical (unpaired) electrons. The molecule has 1 aromatic carbocycles. The molecule has 3 heteroatoms. The van der Waals surface area contributed by atoms with Crippen molar-refractivity contribution in [1.29, 1.82) is 0 Å². The van der Waals surface area contributed by atoms with E-state index in [0.29, 0.717) is 6.54 Å². The van der Waals surface area contributed by atoms with E-state index in [1.54, 1.807) is 6.08 Å². The van der Waals surface area contributed by atoms with E-state index in [2.05, 4.69) is 16.9 Å². The lowest BCUT2D eigenvalue weighted by molar-refractivity contribution is -0.125. The summed E-state index contributed by atoms with van der Waals surface area (Å²) in [6.07, 6.45) is 3.60. The van der Waals surface area contributed by atoms with Crippen LogP contribution in [0.25, 0.3) is 10.9 Å². The van der Waals surface area contributed by atoms with Gasteiger partial charge in [0.15, 0.2) is 0 Å². The number of amides is 1. The van der Waals surface area contributed by atoms with Gasteiger partial charge in [-0.3, -0.25) is 4.79 Å². The van der Waals surface area contributed by atoms with Crippen molar-refractivity contribution in [3.63, 3.8) is 0 Å². The van der Waals surface area contributed by atoms with Crippen LogP contribution < -0.4 is 5.32 Å². The lowest BCUT2D eigenvalue weighted by Gasteiger charge is -2.23. The van der Waals surface area contributed by atoms with Crippen molar-refractivity contribution in [1.82, 2.24) is 10.3 Å². The average Bonchev–Trinajstić information content (AvgIpc) is 2.80. The number of para-hydroxylation sites is 1. The van der Waals surface area contributed by atoms with Gasteiger partial charge in [0, 0.05) is 23.6 Å². The fourth-order valence-electron chi connectivity index (χ4n) is 2.10. The molecule has 1 aromatic heterocycles. The third-order valence-corrected chi connectivity index (χ3v) is 3.24. The normalized spacial score (nSPS) is 11.4. The Morgan fingerprint density at radius 1 is 1.44 bits per heavy atom. The van der Waals surface area contributed by atoms with Gasteiger partial charge in [-0.15, -0.1) is 6.58 Å². The van der Waals surface area contributed by atoms with Crippen LogP contribution in [0.5, 0.6) is 0 Å². The highest BCUT2D eigenvalue weighted by Crippen LogP contribution is 2.30. The molecule has 0 unspecified atom stereocenters. The summed E-state index contributed by atoms with van der Waals surface area (Å²) in [5, 5.41) is 3.95. The fraction of sp³-hybridized carbons (Fsp3) is 0.267. The number of rotatable bonds is 4. The second kappa shape index (κ2) is 4.69. The number of carbonyl (C=O) groups excluding carboxylic acids is 1. The summed E-state index contributed by atoms with van der Waals surface area (Å²) in [4.78, 5) is 15.4. The SMILES string of the molecule is C=CCNC(=O)C(C)(C)c1c[nH]c2ccccc12. The minimum absolute atomic E-state index is 0.00662. The molecular weight excluding hydrogens is 224 g/mol. The van der Waals surface area contributed by atoms with Crippen molar-refractivity contribution in [2.75, 3.05) is 6.54 Å². The van der Waals surface area contributed by atoms with Crippen molar-refractivity contribution in [2.24, 2.45) is 0 Å². The highest BCUT2D eigenvalue weighted by atomic mass is 16.2. The second-order valence-electron chi connectivity index (χ2n) is 4.87. The topological polar surface area (TPSA) is 44.9 Å². The molecule has 94 valence electrons. The highest BCUT2D eigenvalue weighted by molar-refractivity contribution is 5.94. The van der Waals surface area contributed by atoms with E-state index in [9.17, 15) is 4.79 Å². The molecular formula is C15H18N2O. The van der Waals surface area contributed by atoms with Crippen molar-refractivity contribution in [2.45, 2.75) is 19.3 Å². The van der Waals surface area contributed by atoms with E-state index in [1.165, 1.54) is 0 Å². The summed E-state index contributed by atoms with van der Waals surface area (Å²) < 4.78 is 0. The minimum Gasteiger partial charge on any atom is -0.361 e. The zero-order valence-electron chi connectivity index (χ0n) is 10.8. The minimum atomic E-state index is -0.567. The number of hydrogen-bond donors (Lipinski definition) is 2. The lowest BCUT2D eigenvalue weighted by atomic mass is 9.83. The van der Waals surface area contributed by atoms with E-state index < -0.39 is 5.41 Å². The van der Waals surface area contributed by atoms with E-state index in [4.69, 9.17) is 0 Å². The molecule has 3 nitrogen and oxygen atoms in total. The Bertz CT molecular complexity index is 581. The summed E-state index contributed by atoms with van der Waals surface area (Å²) in [5.41, 5.74) is 1.50. The first kappa shape index (κ1) is 12.4. The number of H-pyrrole nitrogens is 1. The van der Waals surface area contributed by atoms with Crippen LogP contribution in [-0.2, 0) is 10.2 Å². The first-order valence-corrected chi connectivity index (χ1v) is 6.03. The van der Waals surface area contributed by atoms with Crippen LogP contribution in [0.15, 0.2) is 43.1 Å². The highest BCUT2D eigenvalue weighted by Gasteiger charge is 2.31. The maximum absolute atomic E-state index is 12.2. The zero-order valence-corrected chi connectivity index (χ0v) is 10.8. The molecule has 0 spiro atoms. The molecule has 2 N–H and O–H groups in total. The molecule has 1 heterocycles. The largest absolute Gasteiger partial charge is 0.361 e. The Kier molecular flexibility index (Phi) is 3.24. The van der Waals surface area contributed by atoms with Crippen molar-refractivity contribution < 1.29 is 4.79 Å². The molecule has 0 aliphatic heterocycles. The number of fused-ring (bicyclic) bond motifs is 1. The Labute approximate surface area is 107 Å². The Balaban J connectivity index is 2.40. The molecule has 2 rings (SSSR count). The smallest absolute Gasteiger partial charge is 0.230 e. The average molecular weight is 242 g/mol. The lowest BCUT2D eigenvalue weighted by Crippen LogP contribution is -2.40. The van der Waals surface area contributed by atoms with Crippen molar-refractivity contribution in [3.05, 3.63) is 48.7 Å². The van der Waals surface area contributed by atoms with Gasteiger partial charge in [0.25, 0.3) is 0 Å². The Morgan fingerprint density at radius 2 is 2.17 bits per heavy atom. The van der Waals surface area contributed by atoms with E-state index >= 15 is 0 Å². The van der Waals surface area contributed by atoms with Gasteiger partial charge in [-0.2, -0.15) is 0 Å². The van der Waals surface area contributed by atoms with Gasteiger partial charge in [-0.1, -0.05) is 24.3 Å². The zero-order chi connectivity index (χ0) is 13.2. The quantitative estimate of drug-likeness (QED) is 0.796. The summed E-state index contributed by atoms with van der Waals surface area (Å²) in [5.74, 6) is 0.00662. The number of carbonyl (C=O) groups is 1. The summed E-state index contributed by atoms with van der Waals surface area (Å²) in [6.45, 7) is 7.96. The number of benzene rings is 1. The number of aromatic amines is 1. The first-order valence-electron chi connectivity index (χ1n) is 6.03. The predicted molar refractivity (Wildman–Crippen MR) is 74.5 cm³/mol. The monoisotopic (exact) mass is 242 g/mol. The Morgan fingerprint density at radius 3 is 2.89 bits per heavy atom. The van der Waals surface area contributed by atoms with Crippen molar-refractivity contribution >= 4 is 16.8 Å². The van der Waals surface area contributed by atoms with Crippen LogP contribution in [0.1, 0.15) is 19.4 Å². The standard InChI is InChI=1S/C15H18N2O/c1-4-9-16-14(18)15(2,3)12-10-17-13-8-6-5-7-11(12)13/h4-8,10,17H,1,9H2,2-3H3,(H,16,18). The van der Waals surface area contributed by atoms with Crippen LogP contribution in [0, 0.1) is 0 Å². The van der Waals surface area contributed by atoms with E-state index in [-0.39, 0.29) is 5.91 Å². The van der Waals surface area contributed by atoms with Crippen LogP contribution in [0.4, 0.5) is 0 Å². The summed E-state index contributed by atoms with van der Waals surface area (Å²) in [6, 6.07) is 8.01. The van der Waals surface area contributed by atoms with Crippen LogP contribution >= 0.6 is 0 Å². The van der Waals surface area contributed by atoms with E-state index in [1.807, 2.05) is 44.3 Å². The van der Waals surface area contributed by atoms with E-state index in [0.717, 1.165) is 16.5 Å². The number of nitrogens with one attached hydrogen (secondary N) is 2. The molecule has 0 saturated heterocycles. The van der Waals surface area contributed by atoms with Gasteiger partial charge < -0.3 is 10.3 Å². The number of hydrogen-bond acceptors (Lipinski definition) is 1. The van der Waals surface area contributed by atoms with Gasteiger partial charge in [0.05, 0.1) is 5.41 Å². The van der Waals surface area contributed by atoms with Crippen LogP contribution in [-0.4, -0.2) is 17.4 Å². The molecule has 0 saturated carbocycles. The van der Waals surface area contributed by atoms with Crippen molar-refractivity contribution in [3.8, 4) is 0 Å². The third-order valence-electron chi connectivity index (χ3n) is 3.24.